The molecule has 0 fully saturated rings. The molecular formula is C11H15NO3. The van der Waals surface area contributed by atoms with E-state index in [1.54, 1.807) is 7.05 Å². The van der Waals surface area contributed by atoms with Crippen LogP contribution in [0, 0.1) is 0 Å². The number of hydrogen-bond acceptors (Lipinski definition) is 3. The molecule has 0 aliphatic rings. The van der Waals surface area contributed by atoms with E-state index in [1.165, 1.54) is 23.1 Å². The normalized spacial score (nSPS) is 10.0. The molecule has 1 amide bonds. The quantitative estimate of drug-likeness (QED) is 0.743. The van der Waals surface area contributed by atoms with Gasteiger partial charge in [-0.25, -0.2) is 0 Å². The Labute approximate surface area is 88.8 Å². The predicted molar refractivity (Wildman–Crippen MR) is 57.0 cm³/mol. The second-order valence-corrected chi connectivity index (χ2v) is 3.40. The molecule has 0 spiro atoms. The minimum Gasteiger partial charge on any atom is -0.504 e. The maximum atomic E-state index is 11.8. The Balaban J connectivity index is 2.96. The topological polar surface area (TPSA) is 60.8 Å². The molecule has 4 heteroatoms. The van der Waals surface area contributed by atoms with Crippen molar-refractivity contribution in [3.8, 4) is 11.5 Å². The molecule has 0 aliphatic carbocycles. The minimum atomic E-state index is -0.356. The number of hydrogen-bond donors (Lipinski definition) is 2. The Hall–Kier alpha value is -1.71. The van der Waals surface area contributed by atoms with Gasteiger partial charge in [-0.2, -0.15) is 0 Å². The van der Waals surface area contributed by atoms with Gasteiger partial charge in [0.15, 0.2) is 11.5 Å². The zero-order valence-electron chi connectivity index (χ0n) is 8.90. The Morgan fingerprint density at radius 3 is 2.67 bits per heavy atom. The third-order valence-electron chi connectivity index (χ3n) is 2.15. The molecule has 0 radical (unpaired) electrons. The molecule has 0 heterocycles. The molecule has 0 atom stereocenters. The maximum absolute atomic E-state index is 11.8. The first-order valence-electron chi connectivity index (χ1n) is 4.84. The number of rotatable bonds is 3. The van der Waals surface area contributed by atoms with Crippen LogP contribution in [-0.2, 0) is 0 Å². The molecule has 15 heavy (non-hydrogen) atoms. The zero-order chi connectivity index (χ0) is 11.4. The van der Waals surface area contributed by atoms with E-state index in [1.807, 2.05) is 6.92 Å². The van der Waals surface area contributed by atoms with Crippen molar-refractivity contribution in [3.05, 3.63) is 23.8 Å². The average molecular weight is 209 g/mol. The molecule has 4 nitrogen and oxygen atoms in total. The number of carbonyl (C=O) groups excluding carboxylic acids is 1. The van der Waals surface area contributed by atoms with Gasteiger partial charge in [-0.15, -0.1) is 0 Å². The molecule has 0 aromatic heterocycles. The van der Waals surface area contributed by atoms with Gasteiger partial charge < -0.3 is 15.1 Å². The van der Waals surface area contributed by atoms with E-state index >= 15 is 0 Å². The monoisotopic (exact) mass is 209 g/mol. The molecule has 1 aromatic rings. The van der Waals surface area contributed by atoms with Crippen molar-refractivity contribution in [2.24, 2.45) is 0 Å². The van der Waals surface area contributed by atoms with Gasteiger partial charge in [0, 0.05) is 13.6 Å². The molecular weight excluding hydrogens is 194 g/mol. The summed E-state index contributed by atoms with van der Waals surface area (Å²) in [6.45, 7) is 2.58. The molecule has 0 aliphatic heterocycles. The summed E-state index contributed by atoms with van der Waals surface area (Å²) >= 11 is 0. The van der Waals surface area contributed by atoms with Crippen molar-refractivity contribution >= 4 is 5.91 Å². The number of phenolic OH excluding ortho intramolecular Hbond substituents is 2. The maximum Gasteiger partial charge on any atom is 0.257 e. The van der Waals surface area contributed by atoms with Gasteiger partial charge in [0.1, 0.15) is 0 Å². The van der Waals surface area contributed by atoms with Crippen LogP contribution in [0.3, 0.4) is 0 Å². The number of para-hydroxylation sites is 1. The number of amides is 1. The molecule has 82 valence electrons. The summed E-state index contributed by atoms with van der Waals surface area (Å²) in [5.74, 6) is -0.915. The summed E-state index contributed by atoms with van der Waals surface area (Å²) in [5.41, 5.74) is 0.131. The van der Waals surface area contributed by atoms with Crippen molar-refractivity contribution in [1.82, 2.24) is 4.90 Å². The zero-order valence-corrected chi connectivity index (χ0v) is 8.90. The van der Waals surface area contributed by atoms with Gasteiger partial charge in [0.05, 0.1) is 5.56 Å². The van der Waals surface area contributed by atoms with Gasteiger partial charge in [-0.05, 0) is 18.6 Å². The van der Waals surface area contributed by atoms with Crippen molar-refractivity contribution in [3.63, 3.8) is 0 Å². The average Bonchev–Trinajstić information content (AvgIpc) is 2.21. The van der Waals surface area contributed by atoms with Gasteiger partial charge >= 0.3 is 0 Å². The SMILES string of the molecule is CCCN(C)C(=O)c1cccc(O)c1O. The fraction of sp³-hybridized carbons (Fsp3) is 0.364. The molecule has 0 bridgehead atoms. The number of phenols is 2. The summed E-state index contributed by atoms with van der Waals surface area (Å²) in [4.78, 5) is 13.3. The highest BCUT2D eigenvalue weighted by Gasteiger charge is 2.16. The smallest absolute Gasteiger partial charge is 0.257 e. The first kappa shape index (κ1) is 11.4. The van der Waals surface area contributed by atoms with Crippen LogP contribution in [0.15, 0.2) is 18.2 Å². The van der Waals surface area contributed by atoms with Crippen LogP contribution in [-0.4, -0.2) is 34.6 Å². The van der Waals surface area contributed by atoms with E-state index < -0.39 is 0 Å². The summed E-state index contributed by atoms with van der Waals surface area (Å²) < 4.78 is 0. The van der Waals surface area contributed by atoms with Crippen LogP contribution in [0.2, 0.25) is 0 Å². The fourth-order valence-corrected chi connectivity index (χ4v) is 1.35. The third kappa shape index (κ3) is 2.40. The summed E-state index contributed by atoms with van der Waals surface area (Å²) in [6, 6.07) is 4.36. The van der Waals surface area contributed by atoms with Crippen LogP contribution >= 0.6 is 0 Å². The number of carbonyl (C=O) groups is 1. The molecule has 1 rings (SSSR count). The van der Waals surface area contributed by atoms with Crippen molar-refractivity contribution in [2.45, 2.75) is 13.3 Å². The van der Waals surface area contributed by atoms with E-state index in [0.29, 0.717) is 6.54 Å². The van der Waals surface area contributed by atoms with Gasteiger partial charge in [-0.1, -0.05) is 13.0 Å². The summed E-state index contributed by atoms with van der Waals surface area (Å²) in [7, 11) is 1.66. The summed E-state index contributed by atoms with van der Waals surface area (Å²) in [6.07, 6.45) is 0.849. The van der Waals surface area contributed by atoms with E-state index in [0.717, 1.165) is 6.42 Å². The minimum absolute atomic E-state index is 0.131. The first-order chi connectivity index (χ1) is 7.07. The first-order valence-corrected chi connectivity index (χ1v) is 4.84. The van der Waals surface area contributed by atoms with Crippen LogP contribution in [0.4, 0.5) is 0 Å². The van der Waals surface area contributed by atoms with E-state index in [-0.39, 0.29) is 23.0 Å². The molecule has 0 saturated carbocycles. The van der Waals surface area contributed by atoms with Gasteiger partial charge in [-0.3, -0.25) is 4.79 Å². The predicted octanol–water partition coefficient (Wildman–Crippen LogP) is 1.58. The van der Waals surface area contributed by atoms with Crippen molar-refractivity contribution < 1.29 is 15.0 Å². The standard InChI is InChI=1S/C11H15NO3/c1-3-7-12(2)11(15)8-5-4-6-9(13)10(8)14/h4-6,13-14H,3,7H2,1-2H3. The van der Waals surface area contributed by atoms with Gasteiger partial charge in [0.25, 0.3) is 5.91 Å². The lowest BCUT2D eigenvalue weighted by Crippen LogP contribution is -2.27. The van der Waals surface area contributed by atoms with Crippen LogP contribution in [0.25, 0.3) is 0 Å². The largest absolute Gasteiger partial charge is 0.504 e. The second-order valence-electron chi connectivity index (χ2n) is 3.40. The number of benzene rings is 1. The van der Waals surface area contributed by atoms with Crippen LogP contribution in [0.5, 0.6) is 11.5 Å². The Morgan fingerprint density at radius 1 is 1.40 bits per heavy atom. The highest BCUT2D eigenvalue weighted by atomic mass is 16.3. The molecule has 1 aromatic carbocycles. The number of aromatic hydroxyl groups is 2. The Kier molecular flexibility index (Phi) is 3.55. The van der Waals surface area contributed by atoms with Crippen LogP contribution in [0.1, 0.15) is 23.7 Å². The lowest BCUT2D eigenvalue weighted by atomic mass is 10.1. The van der Waals surface area contributed by atoms with Crippen molar-refractivity contribution in [2.75, 3.05) is 13.6 Å². The Bertz CT molecular complexity index is 363. The third-order valence-corrected chi connectivity index (χ3v) is 2.15. The van der Waals surface area contributed by atoms with Crippen molar-refractivity contribution in [1.29, 1.82) is 0 Å². The highest BCUT2D eigenvalue weighted by Crippen LogP contribution is 2.28. The van der Waals surface area contributed by atoms with E-state index in [4.69, 9.17) is 0 Å². The molecule has 0 unspecified atom stereocenters. The lowest BCUT2D eigenvalue weighted by Gasteiger charge is -2.16. The summed E-state index contributed by atoms with van der Waals surface area (Å²) in [5, 5.41) is 18.7. The molecule has 2 N–H and O–H groups in total. The second kappa shape index (κ2) is 4.68. The Morgan fingerprint density at radius 2 is 2.07 bits per heavy atom. The van der Waals surface area contributed by atoms with Crippen LogP contribution < -0.4 is 0 Å². The number of nitrogens with zero attached hydrogens (tertiary/aromatic N) is 1. The van der Waals surface area contributed by atoms with Gasteiger partial charge in [0.2, 0.25) is 0 Å². The van der Waals surface area contributed by atoms with E-state index in [2.05, 4.69) is 0 Å². The highest BCUT2D eigenvalue weighted by molar-refractivity contribution is 5.97. The fourth-order valence-electron chi connectivity index (χ4n) is 1.35. The molecule has 0 saturated heterocycles. The lowest BCUT2D eigenvalue weighted by molar-refractivity contribution is 0.0791. The van der Waals surface area contributed by atoms with E-state index in [9.17, 15) is 15.0 Å².